The Morgan fingerprint density at radius 1 is 1.27 bits per heavy atom. The Kier molecular flexibility index (Phi) is 2.72. The number of hydrogen-bond acceptors (Lipinski definition) is 3. The molecule has 2 fully saturated rings. The van der Waals surface area contributed by atoms with E-state index < -0.39 is 0 Å². The van der Waals surface area contributed by atoms with Crippen LogP contribution in [0.2, 0.25) is 0 Å². The van der Waals surface area contributed by atoms with Crippen molar-refractivity contribution in [1.29, 1.82) is 0 Å². The molecule has 0 N–H and O–H groups in total. The maximum atomic E-state index is 5.30. The minimum absolute atomic E-state index is 0.925. The van der Waals surface area contributed by atoms with Crippen molar-refractivity contribution in [3.8, 4) is 0 Å². The van der Waals surface area contributed by atoms with Gasteiger partial charge in [0.15, 0.2) is 0 Å². The third-order valence-corrected chi connectivity index (χ3v) is 3.29. The lowest BCUT2D eigenvalue weighted by Crippen LogP contribution is -2.39. The summed E-state index contributed by atoms with van der Waals surface area (Å²) in [6.07, 6.45) is 1.31. The van der Waals surface area contributed by atoms with Crippen molar-refractivity contribution in [2.75, 3.05) is 37.8 Å². The molecule has 2 nitrogen and oxygen atoms in total. The van der Waals surface area contributed by atoms with Crippen LogP contribution in [0.5, 0.6) is 0 Å². The van der Waals surface area contributed by atoms with Crippen LogP contribution in [0.4, 0.5) is 0 Å². The minimum atomic E-state index is 0.925. The topological polar surface area (TPSA) is 12.5 Å². The van der Waals surface area contributed by atoms with E-state index in [-0.39, 0.29) is 0 Å². The van der Waals surface area contributed by atoms with Crippen LogP contribution in [0.3, 0.4) is 0 Å². The van der Waals surface area contributed by atoms with Crippen molar-refractivity contribution in [3.63, 3.8) is 0 Å². The number of rotatable bonds is 1. The van der Waals surface area contributed by atoms with E-state index in [1.807, 2.05) is 0 Å². The average Bonchev–Trinajstić information content (AvgIpc) is 2.58. The SMILES string of the molecule is C1CN([C]2CCSC2)CCO1. The molecule has 2 aliphatic rings. The Balaban J connectivity index is 1.82. The molecule has 2 rings (SSSR count). The van der Waals surface area contributed by atoms with Crippen LogP contribution in [-0.2, 0) is 4.74 Å². The molecule has 0 aliphatic carbocycles. The highest BCUT2D eigenvalue weighted by atomic mass is 32.2. The summed E-state index contributed by atoms with van der Waals surface area (Å²) in [6.45, 7) is 4.09. The summed E-state index contributed by atoms with van der Waals surface area (Å²) in [6, 6.07) is 1.65. The normalized spacial score (nSPS) is 29.5. The Hall–Kier alpha value is 0.270. The molecule has 0 aromatic carbocycles. The Bertz CT molecular complexity index is 119. The number of hydrogen-bond donors (Lipinski definition) is 0. The van der Waals surface area contributed by atoms with Gasteiger partial charge in [0.1, 0.15) is 0 Å². The molecular formula is C8H14NOS. The van der Waals surface area contributed by atoms with Gasteiger partial charge in [-0.25, -0.2) is 0 Å². The van der Waals surface area contributed by atoms with Crippen molar-refractivity contribution >= 4 is 11.8 Å². The van der Waals surface area contributed by atoms with Crippen molar-refractivity contribution in [1.82, 2.24) is 4.90 Å². The van der Waals surface area contributed by atoms with Crippen molar-refractivity contribution < 1.29 is 4.74 Å². The molecule has 0 bridgehead atoms. The fraction of sp³-hybridized carbons (Fsp3) is 0.875. The van der Waals surface area contributed by atoms with Gasteiger partial charge in [-0.2, -0.15) is 11.8 Å². The first-order valence-corrected chi connectivity index (χ1v) is 5.37. The smallest absolute Gasteiger partial charge is 0.0594 e. The number of morpholine rings is 1. The van der Waals surface area contributed by atoms with Crippen molar-refractivity contribution in [2.24, 2.45) is 0 Å². The molecule has 0 spiro atoms. The standard InChI is InChI=1S/C8H14NOS/c1-6-11-7-8(1)9-2-4-10-5-3-9/h1-7H2. The van der Waals surface area contributed by atoms with Crippen LogP contribution >= 0.6 is 11.8 Å². The first-order chi connectivity index (χ1) is 5.47. The van der Waals surface area contributed by atoms with Gasteiger partial charge in [0.25, 0.3) is 0 Å². The van der Waals surface area contributed by atoms with Gasteiger partial charge in [-0.3, -0.25) is 4.90 Å². The predicted octanol–water partition coefficient (Wildman–Crippen LogP) is 0.987. The van der Waals surface area contributed by atoms with Crippen molar-refractivity contribution in [3.05, 3.63) is 6.04 Å². The maximum Gasteiger partial charge on any atom is 0.0594 e. The second-order valence-electron chi connectivity index (χ2n) is 2.97. The molecule has 0 atom stereocenters. The van der Waals surface area contributed by atoms with E-state index in [2.05, 4.69) is 16.7 Å². The first kappa shape index (κ1) is 7.90. The van der Waals surface area contributed by atoms with Gasteiger partial charge < -0.3 is 4.74 Å². The highest BCUT2D eigenvalue weighted by Gasteiger charge is 2.24. The summed E-state index contributed by atoms with van der Waals surface area (Å²) in [4.78, 5) is 2.50. The Labute approximate surface area is 72.3 Å². The van der Waals surface area contributed by atoms with Gasteiger partial charge in [-0.15, -0.1) is 0 Å². The van der Waals surface area contributed by atoms with Gasteiger partial charge >= 0.3 is 0 Å². The summed E-state index contributed by atoms with van der Waals surface area (Å²) < 4.78 is 5.30. The van der Waals surface area contributed by atoms with Crippen molar-refractivity contribution in [2.45, 2.75) is 6.42 Å². The molecule has 0 saturated carbocycles. The molecule has 2 heterocycles. The summed E-state index contributed by atoms with van der Waals surface area (Å²) in [5, 5.41) is 0. The monoisotopic (exact) mass is 172 g/mol. The van der Waals surface area contributed by atoms with Gasteiger partial charge in [0, 0.05) is 18.8 Å². The highest BCUT2D eigenvalue weighted by Crippen LogP contribution is 2.28. The zero-order chi connectivity index (χ0) is 7.52. The second-order valence-corrected chi connectivity index (χ2v) is 4.07. The van der Waals surface area contributed by atoms with E-state index in [9.17, 15) is 0 Å². The average molecular weight is 172 g/mol. The zero-order valence-corrected chi connectivity index (χ0v) is 7.53. The largest absolute Gasteiger partial charge is 0.379 e. The molecule has 11 heavy (non-hydrogen) atoms. The highest BCUT2D eigenvalue weighted by molar-refractivity contribution is 7.99. The lowest BCUT2D eigenvalue weighted by atomic mass is 10.2. The third kappa shape index (κ3) is 1.89. The van der Waals surface area contributed by atoms with Crippen LogP contribution in [0.25, 0.3) is 0 Å². The molecule has 2 saturated heterocycles. The van der Waals surface area contributed by atoms with Crippen LogP contribution in [-0.4, -0.2) is 42.7 Å². The molecular weight excluding hydrogens is 158 g/mol. The molecule has 0 aromatic rings. The van der Waals surface area contributed by atoms with Gasteiger partial charge in [-0.1, -0.05) is 0 Å². The molecule has 1 radical (unpaired) electrons. The number of thioether (sulfide) groups is 1. The van der Waals surface area contributed by atoms with E-state index in [1.165, 1.54) is 17.9 Å². The second kappa shape index (κ2) is 3.78. The lowest BCUT2D eigenvalue weighted by molar-refractivity contribution is 0.0417. The van der Waals surface area contributed by atoms with Crippen LogP contribution in [0.1, 0.15) is 6.42 Å². The van der Waals surface area contributed by atoms with Crippen LogP contribution in [0.15, 0.2) is 0 Å². The molecule has 63 valence electrons. The Morgan fingerprint density at radius 2 is 2.09 bits per heavy atom. The van der Waals surface area contributed by atoms with E-state index in [4.69, 9.17) is 4.74 Å². The van der Waals surface area contributed by atoms with Crippen LogP contribution < -0.4 is 0 Å². The molecule has 0 aromatic heterocycles. The van der Waals surface area contributed by atoms with E-state index in [0.29, 0.717) is 0 Å². The van der Waals surface area contributed by atoms with E-state index in [1.54, 1.807) is 6.04 Å². The Morgan fingerprint density at radius 3 is 2.73 bits per heavy atom. The number of nitrogens with zero attached hydrogens (tertiary/aromatic N) is 1. The summed E-state index contributed by atoms with van der Waals surface area (Å²) >= 11 is 2.06. The van der Waals surface area contributed by atoms with Crippen LogP contribution in [0, 0.1) is 6.04 Å². The fourth-order valence-electron chi connectivity index (χ4n) is 1.58. The molecule has 3 heteroatoms. The fourth-order valence-corrected chi connectivity index (χ4v) is 2.67. The predicted molar refractivity (Wildman–Crippen MR) is 47.6 cm³/mol. The summed E-state index contributed by atoms with van der Waals surface area (Å²) in [5.41, 5.74) is 0. The van der Waals surface area contributed by atoms with Gasteiger partial charge in [0.05, 0.1) is 19.3 Å². The van der Waals surface area contributed by atoms with E-state index in [0.717, 1.165) is 26.3 Å². The summed E-state index contributed by atoms with van der Waals surface area (Å²) in [7, 11) is 0. The minimum Gasteiger partial charge on any atom is -0.379 e. The van der Waals surface area contributed by atoms with E-state index >= 15 is 0 Å². The molecule has 0 amide bonds. The van der Waals surface area contributed by atoms with Gasteiger partial charge in [-0.05, 0) is 12.2 Å². The lowest BCUT2D eigenvalue weighted by Gasteiger charge is -2.30. The number of ether oxygens (including phenoxy) is 1. The molecule has 0 unspecified atom stereocenters. The quantitative estimate of drug-likeness (QED) is 0.585. The molecule has 2 aliphatic heterocycles. The maximum absolute atomic E-state index is 5.30. The first-order valence-electron chi connectivity index (χ1n) is 4.22. The van der Waals surface area contributed by atoms with Gasteiger partial charge in [0.2, 0.25) is 0 Å². The third-order valence-electron chi connectivity index (χ3n) is 2.26. The summed E-state index contributed by atoms with van der Waals surface area (Å²) in [5.74, 6) is 2.59. The zero-order valence-electron chi connectivity index (χ0n) is 6.71.